The number of nitrogens with zero attached hydrogens (tertiary/aromatic N) is 2. The first kappa shape index (κ1) is 10.3. The molecule has 6 nitrogen and oxygen atoms in total. The van der Waals surface area contributed by atoms with Crippen LogP contribution in [0.15, 0.2) is 22.1 Å². The molecule has 2 rings (SSSR count). The highest BCUT2D eigenvalue weighted by Crippen LogP contribution is 2.21. The fraction of sp³-hybridized carbons (Fsp3) is 0.200. The van der Waals surface area contributed by atoms with E-state index in [1.165, 1.54) is 26.4 Å². The van der Waals surface area contributed by atoms with Crippen LogP contribution >= 0.6 is 0 Å². The third-order valence-corrected chi connectivity index (χ3v) is 2.11. The maximum Gasteiger partial charge on any atom is 0.338 e. The van der Waals surface area contributed by atoms with E-state index in [2.05, 4.69) is 9.98 Å². The summed E-state index contributed by atoms with van der Waals surface area (Å²) in [6.07, 6.45) is 0. The lowest BCUT2D eigenvalue weighted by Gasteiger charge is -2.07. The number of carbonyl (C=O) groups is 2. The minimum Gasteiger partial charge on any atom is -0.493 e. The molecule has 1 aromatic rings. The predicted octanol–water partition coefficient (Wildman–Crippen LogP) is -0.990. The molecule has 1 aromatic carbocycles. The highest BCUT2D eigenvalue weighted by atomic mass is 16.5. The van der Waals surface area contributed by atoms with Gasteiger partial charge in [-0.1, -0.05) is 0 Å². The number of ether oxygens (including phenoxy) is 2. The van der Waals surface area contributed by atoms with Crippen molar-refractivity contribution >= 4 is 11.8 Å². The monoisotopic (exact) mass is 220 g/mol. The molecular formula is C10H8N2O4. The molecule has 0 radical (unpaired) electrons. The van der Waals surface area contributed by atoms with Crippen LogP contribution in [0.1, 0.15) is 0 Å². The van der Waals surface area contributed by atoms with Gasteiger partial charge in [-0.05, 0) is 0 Å². The molecule has 0 N–H and O–H groups in total. The van der Waals surface area contributed by atoms with Crippen molar-refractivity contribution in [3.8, 4) is 11.5 Å². The third-order valence-electron chi connectivity index (χ3n) is 2.11. The van der Waals surface area contributed by atoms with Gasteiger partial charge in [-0.25, -0.2) is 9.98 Å². The molecule has 0 aromatic heterocycles. The van der Waals surface area contributed by atoms with Crippen LogP contribution in [-0.4, -0.2) is 26.0 Å². The Morgan fingerprint density at radius 3 is 1.56 bits per heavy atom. The van der Waals surface area contributed by atoms with Gasteiger partial charge in [0.15, 0.2) is 11.5 Å². The first-order chi connectivity index (χ1) is 7.65. The zero-order chi connectivity index (χ0) is 11.7. The molecule has 2 amide bonds. The van der Waals surface area contributed by atoms with Gasteiger partial charge in [0, 0.05) is 12.1 Å². The summed E-state index contributed by atoms with van der Waals surface area (Å²) in [5, 5.41) is 0.615. The molecule has 0 unspecified atom stereocenters. The van der Waals surface area contributed by atoms with Crippen LogP contribution in [-0.2, 0) is 9.59 Å². The zero-order valence-corrected chi connectivity index (χ0v) is 8.68. The molecule has 0 saturated carbocycles. The largest absolute Gasteiger partial charge is 0.493 e. The lowest BCUT2D eigenvalue weighted by Crippen LogP contribution is -2.34. The maximum absolute atomic E-state index is 11.0. The van der Waals surface area contributed by atoms with Crippen molar-refractivity contribution < 1.29 is 19.1 Å². The molecule has 6 heteroatoms. The van der Waals surface area contributed by atoms with Crippen LogP contribution < -0.4 is 20.2 Å². The molecule has 1 aliphatic heterocycles. The molecule has 0 fully saturated rings. The molecule has 0 saturated heterocycles. The van der Waals surface area contributed by atoms with E-state index in [1.807, 2.05) is 0 Å². The van der Waals surface area contributed by atoms with Crippen molar-refractivity contribution in [3.05, 3.63) is 22.8 Å². The second-order valence-corrected chi connectivity index (χ2v) is 3.03. The Hall–Kier alpha value is -2.24. The quantitative estimate of drug-likeness (QED) is 0.599. The van der Waals surface area contributed by atoms with Crippen LogP contribution in [0.4, 0.5) is 0 Å². The fourth-order valence-corrected chi connectivity index (χ4v) is 1.35. The minimum atomic E-state index is -0.875. The fourth-order valence-electron chi connectivity index (χ4n) is 1.35. The topological polar surface area (TPSA) is 77.3 Å². The molecule has 16 heavy (non-hydrogen) atoms. The van der Waals surface area contributed by atoms with Gasteiger partial charge < -0.3 is 9.47 Å². The third kappa shape index (κ3) is 1.54. The Kier molecular flexibility index (Phi) is 2.40. The normalized spacial score (nSPS) is 13.6. The molecular weight excluding hydrogens is 212 g/mol. The summed E-state index contributed by atoms with van der Waals surface area (Å²) in [5.74, 6) is -0.885. The molecule has 0 bridgehead atoms. The molecule has 82 valence electrons. The van der Waals surface area contributed by atoms with Crippen LogP contribution in [0.3, 0.4) is 0 Å². The van der Waals surface area contributed by atoms with Gasteiger partial charge in [0.2, 0.25) is 0 Å². The molecule has 0 spiro atoms. The van der Waals surface area contributed by atoms with Crippen LogP contribution in [0, 0.1) is 0 Å². The summed E-state index contributed by atoms with van der Waals surface area (Å²) in [6, 6.07) is 3.00. The van der Waals surface area contributed by atoms with Gasteiger partial charge >= 0.3 is 11.8 Å². The number of rotatable bonds is 2. The highest BCUT2D eigenvalue weighted by molar-refractivity contribution is 6.36. The number of fused-ring (bicyclic) bond motifs is 1. The molecule has 1 aliphatic rings. The van der Waals surface area contributed by atoms with Crippen LogP contribution in [0.2, 0.25) is 0 Å². The minimum absolute atomic E-state index is 0.308. The number of benzene rings is 1. The zero-order valence-electron chi connectivity index (χ0n) is 8.68. The molecule has 0 aliphatic carbocycles. The van der Waals surface area contributed by atoms with Gasteiger partial charge in [0.1, 0.15) is 0 Å². The summed E-state index contributed by atoms with van der Waals surface area (Å²) in [7, 11) is 2.94. The maximum atomic E-state index is 11.0. The lowest BCUT2D eigenvalue weighted by molar-refractivity contribution is -0.135. The average Bonchev–Trinajstić information content (AvgIpc) is 2.29. The lowest BCUT2D eigenvalue weighted by atomic mass is 10.2. The van der Waals surface area contributed by atoms with E-state index in [9.17, 15) is 9.59 Å². The Labute approximate surface area is 90.2 Å². The number of hydrogen-bond acceptors (Lipinski definition) is 4. The van der Waals surface area contributed by atoms with Crippen molar-refractivity contribution in [3.63, 3.8) is 0 Å². The second kappa shape index (κ2) is 3.73. The summed E-state index contributed by atoms with van der Waals surface area (Å²) < 4.78 is 10.1. The summed E-state index contributed by atoms with van der Waals surface area (Å²) >= 11 is 0. The van der Waals surface area contributed by atoms with Crippen molar-refractivity contribution in [2.45, 2.75) is 0 Å². The van der Waals surface area contributed by atoms with Gasteiger partial charge in [0.05, 0.1) is 24.9 Å². The van der Waals surface area contributed by atoms with Crippen LogP contribution in [0.5, 0.6) is 11.5 Å². The predicted molar refractivity (Wildman–Crippen MR) is 51.9 cm³/mol. The molecule has 0 atom stereocenters. The first-order valence-electron chi connectivity index (χ1n) is 4.43. The van der Waals surface area contributed by atoms with Gasteiger partial charge in [-0.2, -0.15) is 0 Å². The second-order valence-electron chi connectivity index (χ2n) is 3.03. The van der Waals surface area contributed by atoms with Crippen molar-refractivity contribution in [2.75, 3.05) is 14.2 Å². The summed E-state index contributed by atoms with van der Waals surface area (Å²) in [4.78, 5) is 29.2. The van der Waals surface area contributed by atoms with Crippen molar-refractivity contribution in [2.24, 2.45) is 9.98 Å². The number of carbonyl (C=O) groups excluding carboxylic acids is 2. The van der Waals surface area contributed by atoms with Gasteiger partial charge in [-0.3, -0.25) is 9.59 Å². The Morgan fingerprint density at radius 1 is 0.875 bits per heavy atom. The van der Waals surface area contributed by atoms with E-state index in [0.717, 1.165) is 0 Å². The van der Waals surface area contributed by atoms with E-state index in [1.54, 1.807) is 0 Å². The summed E-state index contributed by atoms with van der Waals surface area (Å²) in [5.41, 5.74) is 0. The Morgan fingerprint density at radius 2 is 1.25 bits per heavy atom. The van der Waals surface area contributed by atoms with E-state index in [4.69, 9.17) is 9.47 Å². The van der Waals surface area contributed by atoms with E-state index < -0.39 is 11.8 Å². The SMILES string of the molecule is COc1cc2c(cc1OC)=NC(=O)C(=O)N=2. The smallest absolute Gasteiger partial charge is 0.338 e. The van der Waals surface area contributed by atoms with Crippen molar-refractivity contribution in [1.82, 2.24) is 0 Å². The van der Waals surface area contributed by atoms with E-state index >= 15 is 0 Å². The summed E-state index contributed by atoms with van der Waals surface area (Å²) in [6.45, 7) is 0. The Balaban J connectivity index is 2.76. The standard InChI is InChI=1S/C10H8N2O4/c1-15-7-3-5-6(4-8(7)16-2)12-10(14)9(13)11-5/h3-4H,1-2H3. The number of methoxy groups -OCH3 is 2. The van der Waals surface area contributed by atoms with Crippen LogP contribution in [0.25, 0.3) is 0 Å². The van der Waals surface area contributed by atoms with Gasteiger partial charge in [0.25, 0.3) is 0 Å². The number of amides is 2. The number of hydrogen-bond donors (Lipinski definition) is 0. The average molecular weight is 220 g/mol. The Bertz CT molecular complexity index is 539. The first-order valence-corrected chi connectivity index (χ1v) is 4.43. The highest BCUT2D eigenvalue weighted by Gasteiger charge is 2.16. The van der Waals surface area contributed by atoms with E-state index in [-0.39, 0.29) is 0 Å². The van der Waals surface area contributed by atoms with Crippen molar-refractivity contribution in [1.29, 1.82) is 0 Å². The van der Waals surface area contributed by atoms with Gasteiger partial charge in [-0.15, -0.1) is 0 Å². The van der Waals surface area contributed by atoms with E-state index in [0.29, 0.717) is 22.2 Å². The molecule has 1 heterocycles.